The molecule has 0 aromatic carbocycles. The molecule has 8 nitrogen and oxygen atoms in total. The van der Waals surface area contributed by atoms with Crippen molar-refractivity contribution in [1.29, 1.82) is 0 Å². The van der Waals surface area contributed by atoms with Crippen LogP contribution in [0.4, 0.5) is 4.79 Å². The van der Waals surface area contributed by atoms with E-state index >= 15 is 0 Å². The highest BCUT2D eigenvalue weighted by molar-refractivity contribution is 5.75. The average molecular weight is 371 g/mol. The second kappa shape index (κ2) is 7.64. The molecule has 2 aromatic rings. The van der Waals surface area contributed by atoms with Gasteiger partial charge in [-0.2, -0.15) is 0 Å². The van der Waals surface area contributed by atoms with Gasteiger partial charge in [0.25, 0.3) is 0 Å². The number of aryl methyl sites for hydroxylation is 2. The topological polar surface area (TPSA) is 84.6 Å². The first kappa shape index (κ1) is 17.9. The molecule has 2 amide bonds. The summed E-state index contributed by atoms with van der Waals surface area (Å²) in [5.41, 5.74) is 2.63. The Kier molecular flexibility index (Phi) is 5.07. The second-order valence-electron chi connectivity index (χ2n) is 7.22. The molecule has 0 radical (unpaired) electrons. The lowest BCUT2D eigenvalue weighted by atomic mass is 9.91. The molecule has 2 saturated heterocycles. The van der Waals surface area contributed by atoms with Gasteiger partial charge in [-0.1, -0.05) is 5.16 Å². The summed E-state index contributed by atoms with van der Waals surface area (Å²) in [5, 5.41) is 3.99. The van der Waals surface area contributed by atoms with Gasteiger partial charge in [-0.05, 0) is 26.7 Å². The van der Waals surface area contributed by atoms with E-state index in [0.717, 1.165) is 42.2 Å². The van der Waals surface area contributed by atoms with Crippen molar-refractivity contribution < 1.29 is 14.1 Å². The Morgan fingerprint density at radius 2 is 2.00 bits per heavy atom. The van der Waals surface area contributed by atoms with Crippen molar-refractivity contribution in [2.75, 3.05) is 39.4 Å². The van der Waals surface area contributed by atoms with Gasteiger partial charge in [0.05, 0.1) is 30.2 Å². The summed E-state index contributed by atoms with van der Waals surface area (Å²) in [7, 11) is 0. The zero-order chi connectivity index (χ0) is 18.8. The van der Waals surface area contributed by atoms with Gasteiger partial charge in [-0.15, -0.1) is 0 Å². The van der Waals surface area contributed by atoms with Crippen LogP contribution in [0.15, 0.2) is 16.8 Å². The summed E-state index contributed by atoms with van der Waals surface area (Å²) in [4.78, 5) is 25.8. The lowest BCUT2D eigenvalue weighted by molar-refractivity contribution is 0.0408. The minimum absolute atomic E-state index is 0.103. The Balaban J connectivity index is 1.57. The molecule has 2 aliphatic rings. The van der Waals surface area contributed by atoms with Crippen LogP contribution in [0, 0.1) is 13.8 Å². The number of rotatable bonds is 2. The molecule has 8 heteroatoms. The Morgan fingerprint density at radius 3 is 2.74 bits per heavy atom. The summed E-state index contributed by atoms with van der Waals surface area (Å²) in [5.74, 6) is 1.56. The molecule has 27 heavy (non-hydrogen) atoms. The van der Waals surface area contributed by atoms with E-state index in [1.54, 1.807) is 6.20 Å². The number of hydrogen-bond donors (Lipinski definition) is 0. The third kappa shape index (κ3) is 3.80. The van der Waals surface area contributed by atoms with Crippen LogP contribution in [0.3, 0.4) is 0 Å². The van der Waals surface area contributed by atoms with Crippen molar-refractivity contribution in [3.63, 3.8) is 0 Å². The van der Waals surface area contributed by atoms with E-state index in [2.05, 4.69) is 10.1 Å². The molecule has 4 heterocycles. The standard InChI is InChI=1S/C19H25N5O3/c1-13-10-17(27-22-13)16-11-20-14(2)21-18(16)15-4-3-5-24(12-15)19(25)23-6-8-26-9-7-23/h10-11,15H,3-9,12H2,1-2H3. The zero-order valence-corrected chi connectivity index (χ0v) is 15.8. The van der Waals surface area contributed by atoms with Gasteiger partial charge < -0.3 is 19.1 Å². The van der Waals surface area contributed by atoms with Gasteiger partial charge in [-0.3, -0.25) is 0 Å². The minimum atomic E-state index is 0.103. The number of likely N-dealkylation sites (tertiary alicyclic amines) is 1. The van der Waals surface area contributed by atoms with Crippen LogP contribution < -0.4 is 0 Å². The number of carbonyl (C=O) groups is 1. The predicted molar refractivity (Wildman–Crippen MR) is 98.3 cm³/mol. The quantitative estimate of drug-likeness (QED) is 0.806. The van der Waals surface area contributed by atoms with Gasteiger partial charge >= 0.3 is 6.03 Å². The zero-order valence-electron chi connectivity index (χ0n) is 15.8. The molecule has 144 valence electrons. The lowest BCUT2D eigenvalue weighted by Gasteiger charge is -2.37. The Hall–Kier alpha value is -2.48. The highest BCUT2D eigenvalue weighted by Gasteiger charge is 2.31. The van der Waals surface area contributed by atoms with E-state index in [-0.39, 0.29) is 11.9 Å². The summed E-state index contributed by atoms with van der Waals surface area (Å²) in [6.07, 6.45) is 3.75. The summed E-state index contributed by atoms with van der Waals surface area (Å²) in [6.45, 7) is 7.78. The first-order chi connectivity index (χ1) is 13.1. The number of nitrogens with zero attached hydrogens (tertiary/aromatic N) is 5. The van der Waals surface area contributed by atoms with E-state index in [0.29, 0.717) is 38.6 Å². The maximum Gasteiger partial charge on any atom is 0.320 e. The van der Waals surface area contributed by atoms with Crippen LogP contribution in [0.25, 0.3) is 11.3 Å². The molecular formula is C19H25N5O3. The number of hydrogen-bond acceptors (Lipinski definition) is 6. The van der Waals surface area contributed by atoms with Crippen LogP contribution in [0.2, 0.25) is 0 Å². The van der Waals surface area contributed by atoms with Crippen molar-refractivity contribution >= 4 is 6.03 Å². The van der Waals surface area contributed by atoms with Crippen LogP contribution in [-0.4, -0.2) is 70.3 Å². The maximum absolute atomic E-state index is 12.9. The second-order valence-corrected chi connectivity index (χ2v) is 7.22. The number of ether oxygens (including phenoxy) is 1. The number of carbonyl (C=O) groups excluding carboxylic acids is 1. The normalized spacial score (nSPS) is 20.7. The number of piperidine rings is 1. The minimum Gasteiger partial charge on any atom is -0.378 e. The first-order valence-corrected chi connectivity index (χ1v) is 9.50. The third-order valence-electron chi connectivity index (χ3n) is 5.19. The highest BCUT2D eigenvalue weighted by Crippen LogP contribution is 2.33. The van der Waals surface area contributed by atoms with Crippen molar-refractivity contribution in [2.45, 2.75) is 32.6 Å². The molecular weight excluding hydrogens is 346 g/mol. The van der Waals surface area contributed by atoms with Crippen molar-refractivity contribution in [1.82, 2.24) is 24.9 Å². The van der Waals surface area contributed by atoms with E-state index in [1.165, 1.54) is 0 Å². The van der Waals surface area contributed by atoms with Gasteiger partial charge in [-0.25, -0.2) is 14.8 Å². The third-order valence-corrected chi connectivity index (χ3v) is 5.19. The number of urea groups is 1. The Labute approximate surface area is 158 Å². The van der Waals surface area contributed by atoms with Crippen molar-refractivity contribution in [2.24, 2.45) is 0 Å². The number of amides is 2. The molecule has 4 rings (SSSR count). The van der Waals surface area contributed by atoms with Gasteiger partial charge in [0.2, 0.25) is 0 Å². The van der Waals surface area contributed by atoms with Gasteiger partial charge in [0, 0.05) is 44.4 Å². The highest BCUT2D eigenvalue weighted by atomic mass is 16.5. The van der Waals surface area contributed by atoms with Crippen LogP contribution in [-0.2, 0) is 4.74 Å². The summed E-state index contributed by atoms with van der Waals surface area (Å²) >= 11 is 0. The SMILES string of the molecule is Cc1cc(-c2cnc(C)nc2C2CCCN(C(=O)N3CCOCC3)C2)on1. The molecule has 1 unspecified atom stereocenters. The summed E-state index contributed by atoms with van der Waals surface area (Å²) < 4.78 is 10.8. The number of aromatic nitrogens is 3. The van der Waals surface area contributed by atoms with Crippen LogP contribution in [0.1, 0.15) is 36.0 Å². The molecule has 0 bridgehead atoms. The Morgan fingerprint density at radius 1 is 1.19 bits per heavy atom. The van der Waals surface area contributed by atoms with Gasteiger partial charge in [0.1, 0.15) is 5.82 Å². The van der Waals surface area contributed by atoms with Crippen molar-refractivity contribution in [3.8, 4) is 11.3 Å². The lowest BCUT2D eigenvalue weighted by Crippen LogP contribution is -2.50. The van der Waals surface area contributed by atoms with Gasteiger partial charge in [0.15, 0.2) is 5.76 Å². The monoisotopic (exact) mass is 371 g/mol. The molecule has 0 aliphatic carbocycles. The summed E-state index contributed by atoms with van der Waals surface area (Å²) in [6, 6.07) is 2.00. The average Bonchev–Trinajstić information content (AvgIpc) is 3.14. The molecule has 0 N–H and O–H groups in total. The molecule has 1 atom stereocenters. The molecule has 2 aliphatic heterocycles. The van der Waals surface area contributed by atoms with Crippen LogP contribution in [0.5, 0.6) is 0 Å². The fourth-order valence-corrected chi connectivity index (χ4v) is 3.81. The fraction of sp³-hybridized carbons (Fsp3) is 0.579. The molecule has 2 fully saturated rings. The van der Waals surface area contributed by atoms with Crippen LogP contribution >= 0.6 is 0 Å². The Bertz CT molecular complexity index is 815. The van der Waals surface area contributed by atoms with Crippen molar-refractivity contribution in [3.05, 3.63) is 29.5 Å². The number of morpholine rings is 1. The largest absolute Gasteiger partial charge is 0.378 e. The van der Waals surface area contributed by atoms with E-state index < -0.39 is 0 Å². The van der Waals surface area contributed by atoms with E-state index in [4.69, 9.17) is 14.2 Å². The smallest absolute Gasteiger partial charge is 0.320 e. The maximum atomic E-state index is 12.9. The first-order valence-electron chi connectivity index (χ1n) is 9.50. The van der Waals surface area contributed by atoms with E-state index in [9.17, 15) is 4.79 Å². The molecule has 2 aromatic heterocycles. The predicted octanol–water partition coefficient (Wildman–Crippen LogP) is 2.38. The fourth-order valence-electron chi connectivity index (χ4n) is 3.81. The molecule has 0 spiro atoms. The van der Waals surface area contributed by atoms with E-state index in [1.807, 2.05) is 29.7 Å². The molecule has 0 saturated carbocycles.